The first-order chi connectivity index (χ1) is 10.1. The highest BCUT2D eigenvalue weighted by atomic mass is 79.9. The molecule has 112 valence electrons. The Morgan fingerprint density at radius 3 is 2.57 bits per heavy atom. The van der Waals surface area contributed by atoms with E-state index >= 15 is 0 Å². The van der Waals surface area contributed by atoms with Crippen LogP contribution >= 0.6 is 27.5 Å². The maximum Gasteiger partial charge on any atom is 0.133 e. The monoisotopic (exact) mass is 369 g/mol. The molecule has 0 fully saturated rings. The van der Waals surface area contributed by atoms with Crippen molar-refractivity contribution in [3.05, 3.63) is 57.0 Å². The van der Waals surface area contributed by atoms with E-state index in [9.17, 15) is 0 Å². The zero-order valence-electron chi connectivity index (χ0n) is 11.7. The lowest BCUT2D eigenvalue weighted by atomic mass is 10.1. The van der Waals surface area contributed by atoms with Gasteiger partial charge in [-0.1, -0.05) is 17.7 Å². The van der Waals surface area contributed by atoms with Gasteiger partial charge in [-0.3, -0.25) is 0 Å². The first-order valence-corrected chi connectivity index (χ1v) is 7.75. The Labute approximate surface area is 138 Å². The third kappa shape index (κ3) is 4.37. The molecular weight excluding hydrogens is 354 g/mol. The first kappa shape index (κ1) is 16.1. The Morgan fingerprint density at radius 1 is 1.14 bits per heavy atom. The number of methoxy groups -OCH3 is 1. The lowest BCUT2D eigenvalue weighted by molar-refractivity contribution is 0.302. The maximum atomic E-state index is 6.01. The predicted octanol–water partition coefficient (Wildman–Crippen LogP) is 4.19. The van der Waals surface area contributed by atoms with Gasteiger partial charge in [-0.2, -0.15) is 0 Å². The molecule has 0 aliphatic heterocycles. The number of rotatable bonds is 6. The molecule has 0 aliphatic rings. The molecule has 2 N–H and O–H groups in total. The topological polar surface area (TPSA) is 44.5 Å². The Hall–Kier alpha value is -1.23. The molecule has 0 atom stereocenters. The van der Waals surface area contributed by atoms with E-state index in [0.29, 0.717) is 18.2 Å². The number of nitrogens with two attached hydrogens (primary N) is 1. The van der Waals surface area contributed by atoms with Crippen molar-refractivity contribution in [2.75, 3.05) is 13.7 Å². The van der Waals surface area contributed by atoms with Gasteiger partial charge < -0.3 is 15.2 Å². The van der Waals surface area contributed by atoms with Crippen LogP contribution in [0.1, 0.15) is 11.1 Å². The fourth-order valence-electron chi connectivity index (χ4n) is 2.00. The van der Waals surface area contributed by atoms with Crippen molar-refractivity contribution in [1.29, 1.82) is 0 Å². The number of ether oxygens (including phenoxy) is 2. The van der Waals surface area contributed by atoms with Gasteiger partial charge in [0, 0.05) is 5.02 Å². The van der Waals surface area contributed by atoms with Crippen LogP contribution in [0.4, 0.5) is 0 Å². The highest BCUT2D eigenvalue weighted by molar-refractivity contribution is 9.10. The summed E-state index contributed by atoms with van der Waals surface area (Å²) in [5.74, 6) is 1.62. The number of benzene rings is 2. The first-order valence-electron chi connectivity index (χ1n) is 6.57. The normalized spacial score (nSPS) is 10.5. The molecule has 0 saturated carbocycles. The lowest BCUT2D eigenvalue weighted by Crippen LogP contribution is -2.05. The highest BCUT2D eigenvalue weighted by Gasteiger charge is 2.06. The minimum absolute atomic E-state index is 0.474. The molecule has 0 aliphatic carbocycles. The number of hydrogen-bond donors (Lipinski definition) is 1. The van der Waals surface area contributed by atoms with Crippen LogP contribution in [0.25, 0.3) is 0 Å². The SMILES string of the molecule is COc1ccc(COc2ccc(Cl)cc2CCN)cc1Br. The summed E-state index contributed by atoms with van der Waals surface area (Å²) in [7, 11) is 1.64. The van der Waals surface area contributed by atoms with E-state index in [-0.39, 0.29) is 0 Å². The third-order valence-electron chi connectivity index (χ3n) is 3.05. The Bertz CT molecular complexity index is 619. The molecule has 21 heavy (non-hydrogen) atoms. The van der Waals surface area contributed by atoms with Crippen molar-refractivity contribution in [3.8, 4) is 11.5 Å². The quantitative estimate of drug-likeness (QED) is 0.829. The minimum atomic E-state index is 0.474. The van der Waals surface area contributed by atoms with Gasteiger partial charge in [-0.25, -0.2) is 0 Å². The van der Waals surface area contributed by atoms with Crippen LogP contribution in [0.2, 0.25) is 5.02 Å². The smallest absolute Gasteiger partial charge is 0.133 e. The summed E-state index contributed by atoms with van der Waals surface area (Å²) in [5.41, 5.74) is 7.70. The van der Waals surface area contributed by atoms with Crippen molar-refractivity contribution in [1.82, 2.24) is 0 Å². The molecule has 0 radical (unpaired) electrons. The van der Waals surface area contributed by atoms with Crippen LogP contribution < -0.4 is 15.2 Å². The van der Waals surface area contributed by atoms with E-state index in [2.05, 4.69) is 15.9 Å². The zero-order chi connectivity index (χ0) is 15.2. The zero-order valence-corrected chi connectivity index (χ0v) is 14.1. The van der Waals surface area contributed by atoms with Crippen molar-refractivity contribution >= 4 is 27.5 Å². The summed E-state index contributed by atoms with van der Waals surface area (Å²) in [4.78, 5) is 0. The van der Waals surface area contributed by atoms with Gasteiger partial charge in [0.15, 0.2) is 0 Å². The summed E-state index contributed by atoms with van der Waals surface area (Å²) < 4.78 is 12.0. The second-order valence-electron chi connectivity index (χ2n) is 4.55. The van der Waals surface area contributed by atoms with Gasteiger partial charge >= 0.3 is 0 Å². The molecular formula is C16H17BrClNO2. The van der Waals surface area contributed by atoms with Gasteiger partial charge in [0.05, 0.1) is 11.6 Å². The van der Waals surface area contributed by atoms with E-state index in [1.807, 2.05) is 36.4 Å². The molecule has 2 rings (SSSR count). The lowest BCUT2D eigenvalue weighted by Gasteiger charge is -2.12. The molecule has 0 aromatic heterocycles. The van der Waals surface area contributed by atoms with Crippen molar-refractivity contribution < 1.29 is 9.47 Å². The van der Waals surface area contributed by atoms with Gasteiger partial charge in [-0.05, 0) is 70.4 Å². The molecule has 0 unspecified atom stereocenters. The molecule has 0 amide bonds. The second-order valence-corrected chi connectivity index (χ2v) is 5.84. The average molecular weight is 371 g/mol. The van der Waals surface area contributed by atoms with E-state index in [1.165, 1.54) is 0 Å². The molecule has 0 saturated heterocycles. The van der Waals surface area contributed by atoms with Gasteiger partial charge in [0.1, 0.15) is 18.1 Å². The van der Waals surface area contributed by atoms with E-state index in [1.54, 1.807) is 7.11 Å². The van der Waals surface area contributed by atoms with Crippen molar-refractivity contribution in [2.24, 2.45) is 5.73 Å². The van der Waals surface area contributed by atoms with Crippen LogP contribution in [-0.2, 0) is 13.0 Å². The second kappa shape index (κ2) is 7.69. The average Bonchev–Trinajstić information content (AvgIpc) is 2.47. The third-order valence-corrected chi connectivity index (χ3v) is 3.90. The number of halogens is 2. The Kier molecular flexibility index (Phi) is 5.91. The van der Waals surface area contributed by atoms with Gasteiger partial charge in [0.2, 0.25) is 0 Å². The van der Waals surface area contributed by atoms with E-state index in [0.717, 1.165) is 33.5 Å². The summed E-state index contributed by atoms with van der Waals surface area (Å²) >= 11 is 9.48. The molecule has 0 heterocycles. The molecule has 2 aromatic carbocycles. The predicted molar refractivity (Wildman–Crippen MR) is 89.2 cm³/mol. The summed E-state index contributed by atoms with van der Waals surface area (Å²) in [6, 6.07) is 11.5. The Morgan fingerprint density at radius 2 is 1.90 bits per heavy atom. The molecule has 0 bridgehead atoms. The van der Waals surface area contributed by atoms with E-state index in [4.69, 9.17) is 26.8 Å². The van der Waals surface area contributed by atoms with Crippen LogP contribution in [0.3, 0.4) is 0 Å². The molecule has 0 spiro atoms. The molecule has 3 nitrogen and oxygen atoms in total. The molecule has 2 aromatic rings. The van der Waals surface area contributed by atoms with Crippen molar-refractivity contribution in [2.45, 2.75) is 13.0 Å². The summed E-state index contributed by atoms with van der Waals surface area (Å²) in [6.45, 7) is 1.03. The fraction of sp³-hybridized carbons (Fsp3) is 0.250. The van der Waals surface area contributed by atoms with Gasteiger partial charge in [-0.15, -0.1) is 0 Å². The van der Waals surface area contributed by atoms with Crippen LogP contribution in [0, 0.1) is 0 Å². The number of hydrogen-bond acceptors (Lipinski definition) is 3. The standard InChI is InChI=1S/C16H17BrClNO2/c1-20-16-4-2-11(8-14(16)17)10-21-15-5-3-13(18)9-12(15)6-7-19/h2-5,8-9H,6-7,10,19H2,1H3. The molecule has 5 heteroatoms. The van der Waals surface area contributed by atoms with Crippen LogP contribution in [0.5, 0.6) is 11.5 Å². The largest absolute Gasteiger partial charge is 0.496 e. The maximum absolute atomic E-state index is 6.01. The van der Waals surface area contributed by atoms with Crippen LogP contribution in [0.15, 0.2) is 40.9 Å². The van der Waals surface area contributed by atoms with Crippen molar-refractivity contribution in [3.63, 3.8) is 0 Å². The Balaban J connectivity index is 2.10. The van der Waals surface area contributed by atoms with Crippen LogP contribution in [-0.4, -0.2) is 13.7 Å². The minimum Gasteiger partial charge on any atom is -0.496 e. The summed E-state index contributed by atoms with van der Waals surface area (Å²) in [6.07, 6.45) is 0.738. The fourth-order valence-corrected chi connectivity index (χ4v) is 2.78. The highest BCUT2D eigenvalue weighted by Crippen LogP contribution is 2.27. The summed E-state index contributed by atoms with van der Waals surface area (Å²) in [5, 5.41) is 0.693. The van der Waals surface area contributed by atoms with E-state index < -0.39 is 0 Å². The van der Waals surface area contributed by atoms with Gasteiger partial charge in [0.25, 0.3) is 0 Å².